The number of esters is 1. The molecule has 0 bridgehead atoms. The summed E-state index contributed by atoms with van der Waals surface area (Å²) < 4.78 is 27.0. The van der Waals surface area contributed by atoms with Gasteiger partial charge in [0.15, 0.2) is 11.5 Å². The third-order valence-electron chi connectivity index (χ3n) is 4.86. The number of para-hydroxylation sites is 1. The van der Waals surface area contributed by atoms with Crippen molar-refractivity contribution in [3.8, 4) is 17.2 Å². The summed E-state index contributed by atoms with van der Waals surface area (Å²) in [6, 6.07) is 12.2. The number of hydrogen-bond acceptors (Lipinski definition) is 7. The maximum absolute atomic E-state index is 12.8. The number of hydrogen-bond donors (Lipinski definition) is 0. The number of rotatable bonds is 4. The smallest absolute Gasteiger partial charge is 0.348 e. The van der Waals surface area contributed by atoms with Crippen LogP contribution in [-0.4, -0.2) is 33.4 Å². The molecule has 2 unspecified atom stereocenters. The van der Waals surface area contributed by atoms with Crippen molar-refractivity contribution in [3.05, 3.63) is 64.0 Å². The standard InChI is InChI=1S/C21H18O7/c1-24-14-9-8-11(10-15(14)25-2)16-17-18(28-19(16)21(23)26-3)12-6-4-5-7-13(12)27-20(17)22/h4-10,16,19H,1-3H3. The minimum atomic E-state index is -1.02. The molecule has 0 N–H and O–H groups in total. The second kappa shape index (κ2) is 6.92. The number of benzene rings is 2. The van der Waals surface area contributed by atoms with Crippen LogP contribution in [0.25, 0.3) is 11.0 Å². The summed E-state index contributed by atoms with van der Waals surface area (Å²) in [5.41, 5.74) is 0.762. The van der Waals surface area contributed by atoms with Gasteiger partial charge in [0.1, 0.15) is 11.3 Å². The average Bonchev–Trinajstić information content (AvgIpc) is 3.14. The van der Waals surface area contributed by atoms with E-state index < -0.39 is 23.6 Å². The van der Waals surface area contributed by atoms with Crippen molar-refractivity contribution >= 4 is 16.9 Å². The molecular weight excluding hydrogens is 364 g/mol. The number of methoxy groups -OCH3 is 3. The fourth-order valence-corrected chi connectivity index (χ4v) is 3.57. The highest BCUT2D eigenvalue weighted by atomic mass is 16.6. The Labute approximate surface area is 160 Å². The van der Waals surface area contributed by atoms with Crippen LogP contribution in [0.2, 0.25) is 0 Å². The molecule has 0 aliphatic carbocycles. The highest BCUT2D eigenvalue weighted by molar-refractivity contribution is 5.88. The highest BCUT2D eigenvalue weighted by Gasteiger charge is 2.45. The first-order chi connectivity index (χ1) is 13.6. The first-order valence-electron chi connectivity index (χ1n) is 8.61. The lowest BCUT2D eigenvalue weighted by Gasteiger charge is -2.18. The van der Waals surface area contributed by atoms with Gasteiger partial charge in [-0.15, -0.1) is 0 Å². The summed E-state index contributed by atoms with van der Waals surface area (Å²) in [5, 5.41) is 0.619. The highest BCUT2D eigenvalue weighted by Crippen LogP contribution is 2.45. The van der Waals surface area contributed by atoms with Gasteiger partial charge < -0.3 is 23.4 Å². The number of fused-ring (bicyclic) bond motifs is 3. The Morgan fingerprint density at radius 2 is 1.75 bits per heavy atom. The lowest BCUT2D eigenvalue weighted by molar-refractivity contribution is -0.148. The molecule has 0 saturated heterocycles. The van der Waals surface area contributed by atoms with Crippen LogP contribution in [0.5, 0.6) is 17.2 Å². The van der Waals surface area contributed by atoms with E-state index in [2.05, 4.69) is 0 Å². The Balaban J connectivity index is 1.96. The minimum Gasteiger partial charge on any atom is -0.493 e. The quantitative estimate of drug-likeness (QED) is 0.507. The van der Waals surface area contributed by atoms with E-state index in [1.54, 1.807) is 36.4 Å². The molecular formula is C21H18O7. The zero-order valence-corrected chi connectivity index (χ0v) is 15.6. The van der Waals surface area contributed by atoms with E-state index >= 15 is 0 Å². The zero-order chi connectivity index (χ0) is 19.8. The minimum absolute atomic E-state index is 0.279. The molecule has 144 valence electrons. The van der Waals surface area contributed by atoms with Crippen molar-refractivity contribution < 1.29 is 28.2 Å². The Bertz CT molecular complexity index is 1120. The van der Waals surface area contributed by atoms with Crippen LogP contribution in [0.4, 0.5) is 0 Å². The van der Waals surface area contributed by atoms with Gasteiger partial charge in [0.2, 0.25) is 6.10 Å². The van der Waals surface area contributed by atoms with Crippen molar-refractivity contribution in [3.63, 3.8) is 0 Å². The molecule has 1 aliphatic rings. The molecule has 0 spiro atoms. The second-order valence-electron chi connectivity index (χ2n) is 6.28. The van der Waals surface area contributed by atoms with E-state index in [1.165, 1.54) is 21.3 Å². The first kappa shape index (κ1) is 17.9. The Morgan fingerprint density at radius 1 is 1.00 bits per heavy atom. The molecule has 2 heterocycles. The lowest BCUT2D eigenvalue weighted by atomic mass is 9.88. The molecule has 1 aliphatic heterocycles. The Kier molecular flexibility index (Phi) is 4.43. The van der Waals surface area contributed by atoms with Gasteiger partial charge in [-0.25, -0.2) is 9.59 Å². The summed E-state index contributed by atoms with van der Waals surface area (Å²) in [4.78, 5) is 25.2. The van der Waals surface area contributed by atoms with E-state index in [-0.39, 0.29) is 5.56 Å². The molecule has 4 rings (SSSR count). The average molecular weight is 382 g/mol. The van der Waals surface area contributed by atoms with Crippen molar-refractivity contribution in [2.24, 2.45) is 0 Å². The monoisotopic (exact) mass is 382 g/mol. The molecule has 2 aromatic carbocycles. The molecule has 28 heavy (non-hydrogen) atoms. The van der Waals surface area contributed by atoms with E-state index in [0.29, 0.717) is 33.8 Å². The summed E-state index contributed by atoms with van der Waals surface area (Å²) in [5.74, 6) is 0.0532. The fourth-order valence-electron chi connectivity index (χ4n) is 3.57. The van der Waals surface area contributed by atoms with Gasteiger partial charge >= 0.3 is 11.6 Å². The largest absolute Gasteiger partial charge is 0.493 e. The molecule has 3 aromatic rings. The van der Waals surface area contributed by atoms with E-state index in [0.717, 1.165) is 0 Å². The van der Waals surface area contributed by atoms with E-state index in [4.69, 9.17) is 23.4 Å². The van der Waals surface area contributed by atoms with Crippen LogP contribution in [0, 0.1) is 0 Å². The predicted octanol–water partition coefficient (Wildman–Crippen LogP) is 2.88. The number of ether oxygens (including phenoxy) is 4. The van der Waals surface area contributed by atoms with Gasteiger partial charge in [-0.1, -0.05) is 18.2 Å². The van der Waals surface area contributed by atoms with Crippen molar-refractivity contribution in [2.45, 2.75) is 12.0 Å². The van der Waals surface area contributed by atoms with Crippen LogP contribution < -0.4 is 19.8 Å². The molecule has 1 aromatic heterocycles. The zero-order valence-electron chi connectivity index (χ0n) is 15.6. The maximum Gasteiger partial charge on any atom is 0.348 e. The van der Waals surface area contributed by atoms with Crippen LogP contribution in [0.3, 0.4) is 0 Å². The molecule has 7 nitrogen and oxygen atoms in total. The third kappa shape index (κ3) is 2.67. The van der Waals surface area contributed by atoms with Gasteiger partial charge in [0.05, 0.1) is 38.2 Å². The fraction of sp³-hybridized carbons (Fsp3) is 0.238. The molecule has 0 radical (unpaired) electrons. The van der Waals surface area contributed by atoms with Gasteiger partial charge in [-0.05, 0) is 29.8 Å². The Hall–Kier alpha value is -3.48. The molecule has 0 saturated carbocycles. The summed E-state index contributed by atoms with van der Waals surface area (Å²) in [6.07, 6.45) is -1.02. The lowest BCUT2D eigenvalue weighted by Crippen LogP contribution is -2.31. The summed E-state index contributed by atoms with van der Waals surface area (Å²) >= 11 is 0. The number of carbonyl (C=O) groups excluding carboxylic acids is 1. The third-order valence-corrected chi connectivity index (χ3v) is 4.86. The van der Waals surface area contributed by atoms with Gasteiger partial charge in [-0.3, -0.25) is 0 Å². The van der Waals surface area contributed by atoms with Gasteiger partial charge in [0.25, 0.3) is 0 Å². The number of carbonyl (C=O) groups is 1. The van der Waals surface area contributed by atoms with Crippen molar-refractivity contribution in [2.75, 3.05) is 21.3 Å². The maximum atomic E-state index is 12.8. The predicted molar refractivity (Wildman–Crippen MR) is 100 cm³/mol. The van der Waals surface area contributed by atoms with Crippen LogP contribution >= 0.6 is 0 Å². The summed E-state index contributed by atoms with van der Waals surface area (Å²) in [6.45, 7) is 0. The van der Waals surface area contributed by atoms with Crippen LogP contribution in [0.15, 0.2) is 51.7 Å². The van der Waals surface area contributed by atoms with Gasteiger partial charge in [-0.2, -0.15) is 0 Å². The topological polar surface area (TPSA) is 84.2 Å². The Morgan fingerprint density at radius 3 is 2.46 bits per heavy atom. The second-order valence-corrected chi connectivity index (χ2v) is 6.28. The van der Waals surface area contributed by atoms with E-state index in [9.17, 15) is 9.59 Å². The van der Waals surface area contributed by atoms with Crippen molar-refractivity contribution in [1.82, 2.24) is 0 Å². The van der Waals surface area contributed by atoms with Crippen LogP contribution in [-0.2, 0) is 9.53 Å². The SMILES string of the molecule is COC(=O)C1Oc2c(c(=O)oc3ccccc23)C1c1ccc(OC)c(OC)c1. The molecule has 0 fully saturated rings. The summed E-state index contributed by atoms with van der Waals surface area (Å²) in [7, 11) is 4.32. The molecule has 0 amide bonds. The first-order valence-corrected chi connectivity index (χ1v) is 8.61. The normalized spacial score (nSPS) is 17.7. The van der Waals surface area contributed by atoms with E-state index in [1.807, 2.05) is 6.07 Å². The molecule has 2 atom stereocenters. The molecule has 7 heteroatoms. The van der Waals surface area contributed by atoms with Gasteiger partial charge in [0, 0.05) is 0 Å². The van der Waals surface area contributed by atoms with Crippen LogP contribution in [0.1, 0.15) is 17.0 Å². The van der Waals surface area contributed by atoms with Crippen molar-refractivity contribution in [1.29, 1.82) is 0 Å².